The minimum absolute atomic E-state index is 0.00808. The third kappa shape index (κ3) is 3.21. The second-order valence-corrected chi connectivity index (χ2v) is 5.47. The van der Waals surface area contributed by atoms with Crippen molar-refractivity contribution >= 4 is 0 Å². The summed E-state index contributed by atoms with van der Waals surface area (Å²) in [6.45, 7) is 6.06. The van der Waals surface area contributed by atoms with Gasteiger partial charge in [-0.25, -0.2) is 0 Å². The number of hydrogen-bond donors (Lipinski definition) is 0. The van der Waals surface area contributed by atoms with E-state index < -0.39 is 0 Å². The molecule has 102 valence electrons. The van der Waals surface area contributed by atoms with E-state index in [-0.39, 0.29) is 12.1 Å². The van der Waals surface area contributed by atoms with Gasteiger partial charge in [0.2, 0.25) is 0 Å². The molecule has 0 spiro atoms. The van der Waals surface area contributed by atoms with Gasteiger partial charge in [0.25, 0.3) is 0 Å². The lowest BCUT2D eigenvalue weighted by molar-refractivity contribution is 0.149. The molecule has 2 unspecified atom stereocenters. The quantitative estimate of drug-likeness (QED) is 0.402. The molecule has 0 aromatic heterocycles. The molecule has 2 aliphatic rings. The van der Waals surface area contributed by atoms with Crippen molar-refractivity contribution in [1.29, 1.82) is 0 Å². The van der Waals surface area contributed by atoms with Crippen LogP contribution in [-0.2, 0) is 4.74 Å². The summed E-state index contributed by atoms with van der Waals surface area (Å²) < 4.78 is 5.94. The molecule has 4 heteroatoms. The fourth-order valence-corrected chi connectivity index (χ4v) is 2.75. The Morgan fingerprint density at radius 1 is 1.47 bits per heavy atom. The predicted molar refractivity (Wildman–Crippen MR) is 76.4 cm³/mol. The lowest BCUT2D eigenvalue weighted by Crippen LogP contribution is -2.14. The van der Waals surface area contributed by atoms with Crippen LogP contribution in [0.4, 0.5) is 0 Å². The first-order chi connectivity index (χ1) is 9.11. The van der Waals surface area contributed by atoms with Crippen LogP contribution < -0.4 is 0 Å². The Bertz CT molecular complexity index is 482. The first-order valence-electron chi connectivity index (χ1n) is 6.94. The molecular weight excluding hydrogens is 238 g/mol. The maximum atomic E-state index is 8.51. The van der Waals surface area contributed by atoms with Gasteiger partial charge in [0, 0.05) is 22.4 Å². The van der Waals surface area contributed by atoms with E-state index in [0.717, 1.165) is 25.0 Å². The Balaban J connectivity index is 2.15. The second-order valence-electron chi connectivity index (χ2n) is 5.47. The van der Waals surface area contributed by atoms with E-state index in [1.165, 1.54) is 11.1 Å². The fourth-order valence-electron chi connectivity index (χ4n) is 2.75. The van der Waals surface area contributed by atoms with Crippen molar-refractivity contribution in [2.75, 3.05) is 0 Å². The van der Waals surface area contributed by atoms with E-state index in [2.05, 4.69) is 42.1 Å². The predicted octanol–water partition coefficient (Wildman–Crippen LogP) is 4.66. The SMILES string of the molecule is CC(CC1C=CC2=C1C(OC(C)C)=CCC2)N=[N+]=[N-]. The molecule has 0 heterocycles. The Morgan fingerprint density at radius 3 is 2.95 bits per heavy atom. The van der Waals surface area contributed by atoms with Gasteiger partial charge < -0.3 is 4.74 Å². The van der Waals surface area contributed by atoms with Gasteiger partial charge in [0.1, 0.15) is 5.76 Å². The van der Waals surface area contributed by atoms with Crippen LogP contribution in [0.25, 0.3) is 10.4 Å². The van der Waals surface area contributed by atoms with Gasteiger partial charge in [0.15, 0.2) is 0 Å². The highest BCUT2D eigenvalue weighted by Gasteiger charge is 2.28. The monoisotopic (exact) mass is 259 g/mol. The molecule has 0 N–H and O–H groups in total. The standard InChI is InChI=1S/C15H21N3O/c1-10(2)19-14-6-4-5-12-7-8-13(15(12)14)9-11(3)17-18-16/h6-8,10-11,13H,4-5,9H2,1-3H3. The van der Waals surface area contributed by atoms with Gasteiger partial charge in [-0.15, -0.1) is 0 Å². The maximum Gasteiger partial charge on any atom is 0.119 e. The molecule has 2 aliphatic carbocycles. The maximum absolute atomic E-state index is 8.51. The molecule has 0 saturated heterocycles. The van der Waals surface area contributed by atoms with Crippen LogP contribution in [0.2, 0.25) is 0 Å². The minimum atomic E-state index is 0.00808. The average Bonchev–Trinajstić information content (AvgIpc) is 2.73. The van der Waals surface area contributed by atoms with Crippen LogP contribution in [0.5, 0.6) is 0 Å². The Morgan fingerprint density at radius 2 is 2.26 bits per heavy atom. The smallest absolute Gasteiger partial charge is 0.119 e. The number of hydrogen-bond acceptors (Lipinski definition) is 2. The molecule has 0 radical (unpaired) electrons. The van der Waals surface area contributed by atoms with Crippen LogP contribution in [-0.4, -0.2) is 12.1 Å². The Kier molecular flexibility index (Phi) is 4.33. The molecule has 0 aromatic carbocycles. The molecule has 2 atom stereocenters. The first kappa shape index (κ1) is 13.8. The van der Waals surface area contributed by atoms with Crippen LogP contribution >= 0.6 is 0 Å². The van der Waals surface area contributed by atoms with Crippen LogP contribution in [0.1, 0.15) is 40.0 Å². The van der Waals surface area contributed by atoms with Gasteiger partial charge in [-0.05, 0) is 50.3 Å². The average molecular weight is 259 g/mol. The lowest BCUT2D eigenvalue weighted by atomic mass is 9.88. The van der Waals surface area contributed by atoms with Gasteiger partial charge in [-0.1, -0.05) is 24.2 Å². The van der Waals surface area contributed by atoms with Crippen molar-refractivity contribution in [1.82, 2.24) is 0 Å². The van der Waals surface area contributed by atoms with Crippen LogP contribution in [0.3, 0.4) is 0 Å². The third-order valence-corrected chi connectivity index (χ3v) is 3.46. The lowest BCUT2D eigenvalue weighted by Gasteiger charge is -2.24. The van der Waals surface area contributed by atoms with Crippen LogP contribution in [0.15, 0.2) is 40.2 Å². The first-order valence-corrected chi connectivity index (χ1v) is 6.94. The molecule has 0 bridgehead atoms. The van der Waals surface area contributed by atoms with E-state index in [1.54, 1.807) is 0 Å². The second kappa shape index (κ2) is 5.98. The third-order valence-electron chi connectivity index (χ3n) is 3.46. The Hall–Kier alpha value is -1.67. The zero-order valence-electron chi connectivity index (χ0n) is 11.8. The van der Waals surface area contributed by atoms with Gasteiger partial charge >= 0.3 is 0 Å². The summed E-state index contributed by atoms with van der Waals surface area (Å²) in [5, 5.41) is 3.78. The summed E-state index contributed by atoms with van der Waals surface area (Å²) in [5.74, 6) is 1.35. The number of nitrogens with zero attached hydrogens (tertiary/aromatic N) is 3. The summed E-state index contributed by atoms with van der Waals surface area (Å²) in [4.78, 5) is 2.89. The van der Waals surface area contributed by atoms with Crippen LogP contribution in [0, 0.1) is 5.92 Å². The molecular formula is C15H21N3O. The number of ether oxygens (including phenoxy) is 1. The number of allylic oxidation sites excluding steroid dienone is 5. The van der Waals surface area contributed by atoms with Gasteiger partial charge in [-0.2, -0.15) is 0 Å². The normalized spacial score (nSPS) is 22.9. The van der Waals surface area contributed by atoms with Crippen molar-refractivity contribution in [2.24, 2.45) is 11.0 Å². The molecule has 2 rings (SSSR count). The molecule has 19 heavy (non-hydrogen) atoms. The molecule has 4 nitrogen and oxygen atoms in total. The summed E-state index contributed by atoms with van der Waals surface area (Å²) in [6, 6.07) is 0.00808. The van der Waals surface area contributed by atoms with Crippen molar-refractivity contribution in [3.05, 3.63) is 45.6 Å². The summed E-state index contributed by atoms with van der Waals surface area (Å²) in [5.41, 5.74) is 11.2. The topological polar surface area (TPSA) is 58.0 Å². The highest BCUT2D eigenvalue weighted by atomic mass is 16.5. The van der Waals surface area contributed by atoms with Gasteiger partial charge in [0.05, 0.1) is 6.10 Å². The molecule has 0 fully saturated rings. The molecule has 0 saturated carbocycles. The van der Waals surface area contributed by atoms with E-state index in [0.29, 0.717) is 5.92 Å². The van der Waals surface area contributed by atoms with Crippen molar-refractivity contribution < 1.29 is 4.74 Å². The fraction of sp³-hybridized carbons (Fsp3) is 0.600. The molecule has 0 aromatic rings. The summed E-state index contributed by atoms with van der Waals surface area (Å²) in [6.07, 6.45) is 9.78. The van der Waals surface area contributed by atoms with E-state index in [9.17, 15) is 0 Å². The minimum Gasteiger partial charge on any atom is -0.491 e. The number of azide groups is 1. The van der Waals surface area contributed by atoms with Gasteiger partial charge in [-0.3, -0.25) is 0 Å². The van der Waals surface area contributed by atoms with E-state index in [4.69, 9.17) is 10.3 Å². The van der Waals surface area contributed by atoms with Crippen molar-refractivity contribution in [2.45, 2.75) is 52.2 Å². The Labute approximate surface area is 114 Å². The largest absolute Gasteiger partial charge is 0.491 e. The number of rotatable bonds is 5. The highest BCUT2D eigenvalue weighted by Crippen LogP contribution is 2.40. The highest BCUT2D eigenvalue weighted by molar-refractivity contribution is 5.48. The summed E-state index contributed by atoms with van der Waals surface area (Å²) >= 11 is 0. The van der Waals surface area contributed by atoms with E-state index in [1.807, 2.05) is 6.92 Å². The van der Waals surface area contributed by atoms with Crippen molar-refractivity contribution in [3.63, 3.8) is 0 Å². The molecule has 0 amide bonds. The van der Waals surface area contributed by atoms with E-state index >= 15 is 0 Å². The zero-order chi connectivity index (χ0) is 13.8. The summed E-state index contributed by atoms with van der Waals surface area (Å²) in [7, 11) is 0. The zero-order valence-corrected chi connectivity index (χ0v) is 11.8. The van der Waals surface area contributed by atoms with Crippen molar-refractivity contribution in [3.8, 4) is 0 Å². The molecule has 0 aliphatic heterocycles.